The van der Waals surface area contributed by atoms with Gasteiger partial charge < -0.3 is 9.62 Å². The van der Waals surface area contributed by atoms with Crippen LogP contribution in [0.15, 0.2) is 60.0 Å². The third-order valence-electron chi connectivity index (χ3n) is 5.51. The summed E-state index contributed by atoms with van der Waals surface area (Å²) in [5.41, 5.74) is 2.85. The molecule has 1 aromatic carbocycles. The van der Waals surface area contributed by atoms with Crippen molar-refractivity contribution < 1.29 is 4.79 Å². The van der Waals surface area contributed by atoms with Crippen molar-refractivity contribution in [2.45, 2.75) is 17.9 Å². The molecule has 3 aromatic heterocycles. The van der Waals surface area contributed by atoms with Gasteiger partial charge in [-0.1, -0.05) is 12.1 Å². The van der Waals surface area contributed by atoms with Gasteiger partial charge in [0.2, 0.25) is 0 Å². The Morgan fingerprint density at radius 1 is 1.16 bits per heavy atom. The van der Waals surface area contributed by atoms with Crippen molar-refractivity contribution in [3.63, 3.8) is 0 Å². The molecule has 158 valence electrons. The lowest BCUT2D eigenvalue weighted by Gasteiger charge is -2.16. The van der Waals surface area contributed by atoms with Gasteiger partial charge in [0.25, 0.3) is 0 Å². The van der Waals surface area contributed by atoms with Gasteiger partial charge in [-0.3, -0.25) is 9.58 Å². The van der Waals surface area contributed by atoms with E-state index in [1.165, 1.54) is 11.9 Å². The second kappa shape index (κ2) is 7.62. The highest BCUT2D eigenvalue weighted by Crippen LogP contribution is 2.28. The predicted molar refractivity (Wildman–Crippen MR) is 122 cm³/mol. The van der Waals surface area contributed by atoms with Gasteiger partial charge in [-0.15, -0.1) is 0 Å². The monoisotopic (exact) mass is 434 g/mol. The zero-order valence-electron chi connectivity index (χ0n) is 17.4. The molecule has 10 heteroatoms. The molecule has 0 radical (unpaired) electrons. The molecule has 1 N–H and O–H groups in total. The number of fused-ring (bicyclic) bond motifs is 1. The first-order valence-corrected chi connectivity index (χ1v) is 10.7. The van der Waals surface area contributed by atoms with Crippen LogP contribution in [0.4, 0.5) is 16.2 Å². The lowest BCUT2D eigenvalue weighted by Crippen LogP contribution is -2.30. The van der Waals surface area contributed by atoms with Crippen LogP contribution >= 0.6 is 11.9 Å². The second-order valence-electron chi connectivity index (χ2n) is 7.56. The van der Waals surface area contributed by atoms with E-state index in [4.69, 9.17) is 0 Å². The maximum absolute atomic E-state index is 12.5. The normalized spacial score (nSPS) is 16.5. The molecule has 1 aliphatic rings. The van der Waals surface area contributed by atoms with Crippen molar-refractivity contribution in [1.29, 1.82) is 0 Å². The Morgan fingerprint density at radius 2 is 2.03 bits per heavy atom. The third kappa shape index (κ3) is 3.48. The van der Waals surface area contributed by atoms with Crippen LogP contribution in [0.1, 0.15) is 6.92 Å². The van der Waals surface area contributed by atoms with E-state index in [1.54, 1.807) is 26.9 Å². The molecule has 4 aromatic rings. The quantitative estimate of drug-likeness (QED) is 0.484. The Bertz CT molecular complexity index is 1270. The van der Waals surface area contributed by atoms with Crippen LogP contribution in [0, 0.1) is 0 Å². The number of likely N-dealkylation sites (N-methyl/N-ethyl adjacent to an activating group) is 1. The van der Waals surface area contributed by atoms with Gasteiger partial charge in [-0.2, -0.15) is 10.2 Å². The molecule has 1 aliphatic heterocycles. The van der Waals surface area contributed by atoms with Crippen LogP contribution in [0.25, 0.3) is 16.7 Å². The van der Waals surface area contributed by atoms with E-state index in [-0.39, 0.29) is 12.1 Å². The first-order chi connectivity index (χ1) is 15.0. The molecule has 9 nitrogen and oxygen atoms in total. The third-order valence-corrected chi connectivity index (χ3v) is 6.28. The van der Waals surface area contributed by atoms with Crippen molar-refractivity contribution in [2.75, 3.05) is 23.2 Å². The maximum Gasteiger partial charge on any atom is 0.324 e. The molecule has 31 heavy (non-hydrogen) atoms. The number of para-hydroxylation sites is 1. The Morgan fingerprint density at radius 3 is 2.84 bits per heavy atom. The van der Waals surface area contributed by atoms with Crippen molar-refractivity contribution in [3.8, 4) is 5.82 Å². The number of rotatable bonds is 5. The largest absolute Gasteiger partial charge is 0.324 e. The molecular formula is C21H22N8OS. The fraction of sp³-hybridized carbons (Fsp3) is 0.238. The first-order valence-electron chi connectivity index (χ1n) is 9.90. The topological polar surface area (TPSA) is 84.1 Å². The van der Waals surface area contributed by atoms with Gasteiger partial charge in [-0.05, 0) is 31.0 Å². The van der Waals surface area contributed by atoms with Gasteiger partial charge in [0.15, 0.2) is 5.82 Å². The Balaban J connectivity index is 1.34. The van der Waals surface area contributed by atoms with Gasteiger partial charge in [0.1, 0.15) is 0 Å². The summed E-state index contributed by atoms with van der Waals surface area (Å²) in [6.45, 7) is 2.69. The molecule has 4 heterocycles. The number of urea groups is 1. The van der Waals surface area contributed by atoms with Crippen LogP contribution < -0.4 is 9.62 Å². The van der Waals surface area contributed by atoms with E-state index < -0.39 is 0 Å². The highest BCUT2D eigenvalue weighted by atomic mass is 32.2. The standard InChI is InChI=1S/C21H22N8OS/c1-14-12-28(21(30)26(14)2)16-7-8-22-19(9-16)29-13-17(11-24-29)31-25-18-6-4-5-15-10-23-27(3)20(15)18/h4-11,13-14,25H,12H2,1-3H3. The number of amides is 2. The average Bonchev–Trinajstić information content (AvgIpc) is 3.48. The van der Waals surface area contributed by atoms with E-state index in [2.05, 4.69) is 19.9 Å². The van der Waals surface area contributed by atoms with Crippen LogP contribution in [0.5, 0.6) is 0 Å². The number of aromatic nitrogens is 5. The number of nitrogens with one attached hydrogen (secondary N) is 1. The highest BCUT2D eigenvalue weighted by Gasteiger charge is 2.32. The second-order valence-corrected chi connectivity index (χ2v) is 8.44. The summed E-state index contributed by atoms with van der Waals surface area (Å²) in [6.07, 6.45) is 7.25. The minimum Gasteiger partial charge on any atom is -0.324 e. The van der Waals surface area contributed by atoms with Gasteiger partial charge in [0.05, 0.1) is 34.2 Å². The summed E-state index contributed by atoms with van der Waals surface area (Å²) in [7, 11) is 3.75. The summed E-state index contributed by atoms with van der Waals surface area (Å²) in [5.74, 6) is 0.660. The van der Waals surface area contributed by atoms with E-state index in [1.807, 2.05) is 68.4 Å². The van der Waals surface area contributed by atoms with Crippen molar-refractivity contribution in [3.05, 3.63) is 55.1 Å². The predicted octanol–water partition coefficient (Wildman–Crippen LogP) is 3.53. The molecule has 1 saturated heterocycles. The minimum absolute atomic E-state index is 0.00472. The van der Waals surface area contributed by atoms with Crippen molar-refractivity contribution in [2.24, 2.45) is 7.05 Å². The van der Waals surface area contributed by atoms with Crippen LogP contribution in [-0.2, 0) is 7.05 Å². The van der Waals surface area contributed by atoms with E-state index in [0.717, 1.165) is 27.2 Å². The highest BCUT2D eigenvalue weighted by molar-refractivity contribution is 8.00. The number of carbonyl (C=O) groups excluding carboxylic acids is 1. The number of benzene rings is 1. The molecular weight excluding hydrogens is 412 g/mol. The van der Waals surface area contributed by atoms with E-state index in [9.17, 15) is 4.79 Å². The van der Waals surface area contributed by atoms with Crippen molar-refractivity contribution >= 4 is 40.3 Å². The van der Waals surface area contributed by atoms with Gasteiger partial charge >= 0.3 is 6.03 Å². The minimum atomic E-state index is -0.00472. The molecule has 0 spiro atoms. The molecule has 1 fully saturated rings. The summed E-state index contributed by atoms with van der Waals surface area (Å²) in [5, 5.41) is 9.85. The molecule has 0 aliphatic carbocycles. The number of pyridine rings is 1. The van der Waals surface area contributed by atoms with Crippen LogP contribution in [-0.4, -0.2) is 55.1 Å². The van der Waals surface area contributed by atoms with Gasteiger partial charge in [-0.25, -0.2) is 14.5 Å². The number of aryl methyl sites for hydroxylation is 1. The number of hydrogen-bond acceptors (Lipinski definition) is 6. The maximum atomic E-state index is 12.5. The smallest absolute Gasteiger partial charge is 0.324 e. The number of hydrogen-bond donors (Lipinski definition) is 1. The molecule has 0 bridgehead atoms. The zero-order valence-corrected chi connectivity index (χ0v) is 18.2. The van der Waals surface area contributed by atoms with E-state index in [0.29, 0.717) is 12.4 Å². The molecule has 1 atom stereocenters. The van der Waals surface area contributed by atoms with Crippen molar-refractivity contribution in [1.82, 2.24) is 29.4 Å². The lowest BCUT2D eigenvalue weighted by molar-refractivity contribution is 0.221. The first kappa shape index (κ1) is 19.4. The molecule has 5 rings (SSSR count). The molecule has 0 saturated carbocycles. The number of carbonyl (C=O) groups is 1. The fourth-order valence-electron chi connectivity index (χ4n) is 3.67. The number of anilines is 2. The lowest BCUT2D eigenvalue weighted by atomic mass is 10.2. The van der Waals surface area contributed by atoms with Gasteiger partial charge in [0, 0.05) is 50.5 Å². The number of nitrogens with zero attached hydrogens (tertiary/aromatic N) is 7. The Hall–Kier alpha value is -3.53. The van der Waals surface area contributed by atoms with E-state index >= 15 is 0 Å². The fourth-order valence-corrected chi connectivity index (χ4v) is 4.32. The zero-order chi connectivity index (χ0) is 21.5. The summed E-state index contributed by atoms with van der Waals surface area (Å²) in [4.78, 5) is 21.4. The van der Waals surface area contributed by atoms with Crippen LogP contribution in [0.3, 0.4) is 0 Å². The molecule has 2 amide bonds. The summed E-state index contributed by atoms with van der Waals surface area (Å²) < 4.78 is 6.96. The Labute approximate surface area is 183 Å². The summed E-state index contributed by atoms with van der Waals surface area (Å²) in [6, 6.07) is 9.97. The SMILES string of the molecule is CC1CN(c2ccnc(-n3cc(SNc4cccc5cnn(C)c45)cn3)c2)C(=O)N1C. The Kier molecular flexibility index (Phi) is 4.78. The summed E-state index contributed by atoms with van der Waals surface area (Å²) >= 11 is 1.47. The average molecular weight is 435 g/mol. The van der Waals surface area contributed by atoms with Crippen LogP contribution in [0.2, 0.25) is 0 Å². The molecule has 1 unspecified atom stereocenters.